The van der Waals surface area contributed by atoms with Gasteiger partial charge in [-0.2, -0.15) is 0 Å². The molecule has 0 N–H and O–H groups in total. The lowest BCUT2D eigenvalue weighted by atomic mass is 9.81. The molecule has 0 spiro atoms. The van der Waals surface area contributed by atoms with E-state index in [2.05, 4.69) is 150 Å². The standard InChI is InChI=1S/C41H34/c1-40(2,3)31-22-29-14-13-25-15-18-32(35-20-17-30(23-31)38(29)39(25)35)28-10-8-9-26(21-28)27-16-19-34-33-11-6-7-12-36(33)41(4,5)37(34)24-27/h6-24H,1-5H3. The van der Waals surface area contributed by atoms with Crippen molar-refractivity contribution in [3.8, 4) is 33.4 Å². The largest absolute Gasteiger partial charge is 0.0619 e. The summed E-state index contributed by atoms with van der Waals surface area (Å²) in [4.78, 5) is 0. The second-order valence-corrected chi connectivity index (χ2v) is 13.4. The molecular formula is C41H34. The Hall–Kier alpha value is -4.42. The molecule has 0 unspecified atom stereocenters. The van der Waals surface area contributed by atoms with Gasteiger partial charge in [0, 0.05) is 5.41 Å². The molecule has 0 aliphatic heterocycles. The molecule has 0 aromatic heterocycles. The van der Waals surface area contributed by atoms with Crippen LogP contribution < -0.4 is 0 Å². The minimum absolute atomic E-state index is 0.00151. The van der Waals surface area contributed by atoms with Crippen LogP contribution in [0.15, 0.2) is 115 Å². The molecular weight excluding hydrogens is 492 g/mol. The van der Waals surface area contributed by atoms with Crippen molar-refractivity contribution in [3.05, 3.63) is 132 Å². The summed E-state index contributed by atoms with van der Waals surface area (Å²) in [7, 11) is 0. The smallest absolute Gasteiger partial charge is 0.0159 e. The van der Waals surface area contributed by atoms with Crippen molar-refractivity contribution in [1.82, 2.24) is 0 Å². The average Bonchev–Trinajstić information content (AvgIpc) is 3.21. The van der Waals surface area contributed by atoms with E-state index in [0.717, 1.165) is 0 Å². The van der Waals surface area contributed by atoms with Crippen molar-refractivity contribution >= 4 is 32.3 Å². The van der Waals surface area contributed by atoms with Crippen LogP contribution in [0.4, 0.5) is 0 Å². The van der Waals surface area contributed by atoms with Crippen molar-refractivity contribution < 1.29 is 0 Å². The third kappa shape index (κ3) is 3.53. The minimum Gasteiger partial charge on any atom is -0.0619 e. The van der Waals surface area contributed by atoms with Crippen molar-refractivity contribution in [3.63, 3.8) is 0 Å². The molecule has 198 valence electrons. The molecule has 8 rings (SSSR count). The molecule has 0 saturated carbocycles. The van der Waals surface area contributed by atoms with Gasteiger partial charge in [0.25, 0.3) is 0 Å². The van der Waals surface area contributed by atoms with Gasteiger partial charge >= 0.3 is 0 Å². The zero-order chi connectivity index (χ0) is 28.1. The maximum atomic E-state index is 2.42. The summed E-state index contributed by atoms with van der Waals surface area (Å²) in [5, 5.41) is 8.05. The van der Waals surface area contributed by atoms with E-state index in [1.165, 1.54) is 82.4 Å². The van der Waals surface area contributed by atoms with E-state index in [1.807, 2.05) is 0 Å². The Balaban J connectivity index is 1.28. The Morgan fingerprint density at radius 2 is 1.10 bits per heavy atom. The quantitative estimate of drug-likeness (QED) is 0.197. The van der Waals surface area contributed by atoms with Gasteiger partial charge in [-0.15, -0.1) is 0 Å². The highest BCUT2D eigenvalue weighted by Crippen LogP contribution is 2.49. The molecule has 0 nitrogen and oxygen atoms in total. The van der Waals surface area contributed by atoms with Crippen LogP contribution >= 0.6 is 0 Å². The van der Waals surface area contributed by atoms with E-state index in [-0.39, 0.29) is 10.8 Å². The molecule has 0 heterocycles. The number of fused-ring (bicyclic) bond motifs is 3. The average molecular weight is 527 g/mol. The number of rotatable bonds is 2. The van der Waals surface area contributed by atoms with Crippen molar-refractivity contribution in [2.75, 3.05) is 0 Å². The van der Waals surface area contributed by atoms with Gasteiger partial charge in [0.05, 0.1) is 0 Å². The van der Waals surface area contributed by atoms with Gasteiger partial charge in [-0.1, -0.05) is 138 Å². The van der Waals surface area contributed by atoms with E-state index in [9.17, 15) is 0 Å². The highest BCUT2D eigenvalue weighted by molar-refractivity contribution is 6.25. The van der Waals surface area contributed by atoms with Gasteiger partial charge in [-0.05, 0) is 99.9 Å². The molecule has 0 fully saturated rings. The molecule has 7 aromatic carbocycles. The van der Waals surface area contributed by atoms with Crippen LogP contribution in [-0.4, -0.2) is 0 Å². The fourth-order valence-electron chi connectivity index (χ4n) is 7.25. The monoisotopic (exact) mass is 526 g/mol. The third-order valence-corrected chi connectivity index (χ3v) is 9.56. The molecule has 7 aromatic rings. The Morgan fingerprint density at radius 3 is 1.90 bits per heavy atom. The van der Waals surface area contributed by atoms with E-state index in [4.69, 9.17) is 0 Å². The van der Waals surface area contributed by atoms with E-state index < -0.39 is 0 Å². The van der Waals surface area contributed by atoms with Gasteiger partial charge in [-0.25, -0.2) is 0 Å². The first kappa shape index (κ1) is 24.4. The minimum atomic E-state index is -0.00151. The molecule has 0 amide bonds. The maximum absolute atomic E-state index is 2.42. The van der Waals surface area contributed by atoms with Gasteiger partial charge in [0.2, 0.25) is 0 Å². The van der Waals surface area contributed by atoms with Crippen LogP contribution in [0.25, 0.3) is 65.7 Å². The number of benzene rings is 7. The molecule has 0 atom stereocenters. The molecule has 0 saturated heterocycles. The first-order valence-corrected chi connectivity index (χ1v) is 14.8. The lowest BCUT2D eigenvalue weighted by Crippen LogP contribution is -2.14. The second-order valence-electron chi connectivity index (χ2n) is 13.4. The Labute approximate surface area is 242 Å². The molecule has 1 aliphatic rings. The maximum Gasteiger partial charge on any atom is 0.0159 e. The van der Waals surface area contributed by atoms with Crippen LogP contribution in [0.5, 0.6) is 0 Å². The molecule has 41 heavy (non-hydrogen) atoms. The zero-order valence-electron chi connectivity index (χ0n) is 24.5. The fraction of sp³-hybridized carbons (Fsp3) is 0.171. The van der Waals surface area contributed by atoms with Crippen molar-refractivity contribution in [2.45, 2.75) is 45.4 Å². The van der Waals surface area contributed by atoms with Crippen LogP contribution in [0.1, 0.15) is 51.3 Å². The predicted molar refractivity (Wildman–Crippen MR) is 177 cm³/mol. The number of hydrogen-bond donors (Lipinski definition) is 0. The lowest BCUT2D eigenvalue weighted by molar-refractivity contribution is 0.591. The van der Waals surface area contributed by atoms with Crippen LogP contribution in [0, 0.1) is 0 Å². The summed E-state index contributed by atoms with van der Waals surface area (Å²) in [5.41, 5.74) is 12.2. The summed E-state index contributed by atoms with van der Waals surface area (Å²) in [5.74, 6) is 0. The summed E-state index contributed by atoms with van der Waals surface area (Å²) in [6.07, 6.45) is 0. The molecule has 0 bridgehead atoms. The molecule has 0 heteroatoms. The topological polar surface area (TPSA) is 0 Å². The summed E-state index contributed by atoms with van der Waals surface area (Å²) in [6, 6.07) is 43.7. The highest BCUT2D eigenvalue weighted by atomic mass is 14.4. The first-order chi connectivity index (χ1) is 19.7. The summed E-state index contributed by atoms with van der Waals surface area (Å²) < 4.78 is 0. The van der Waals surface area contributed by atoms with E-state index >= 15 is 0 Å². The second kappa shape index (κ2) is 8.30. The van der Waals surface area contributed by atoms with Gasteiger partial charge in [0.1, 0.15) is 0 Å². The first-order valence-electron chi connectivity index (χ1n) is 14.8. The Kier molecular flexibility index (Phi) is 4.94. The zero-order valence-corrected chi connectivity index (χ0v) is 24.5. The van der Waals surface area contributed by atoms with Crippen molar-refractivity contribution in [1.29, 1.82) is 0 Å². The summed E-state index contributed by atoms with van der Waals surface area (Å²) in [6.45, 7) is 11.6. The third-order valence-electron chi connectivity index (χ3n) is 9.56. The fourth-order valence-corrected chi connectivity index (χ4v) is 7.25. The lowest BCUT2D eigenvalue weighted by Gasteiger charge is -2.22. The number of hydrogen-bond acceptors (Lipinski definition) is 0. The van der Waals surface area contributed by atoms with Gasteiger partial charge < -0.3 is 0 Å². The van der Waals surface area contributed by atoms with Crippen LogP contribution in [0.2, 0.25) is 0 Å². The van der Waals surface area contributed by atoms with E-state index in [1.54, 1.807) is 0 Å². The van der Waals surface area contributed by atoms with Gasteiger partial charge in [0.15, 0.2) is 0 Å². The Morgan fingerprint density at radius 1 is 0.463 bits per heavy atom. The highest BCUT2D eigenvalue weighted by Gasteiger charge is 2.35. The van der Waals surface area contributed by atoms with E-state index in [0.29, 0.717) is 0 Å². The Bertz CT molecular complexity index is 2130. The molecule has 1 aliphatic carbocycles. The summed E-state index contributed by atoms with van der Waals surface area (Å²) >= 11 is 0. The van der Waals surface area contributed by atoms with Crippen LogP contribution in [0.3, 0.4) is 0 Å². The SMILES string of the molecule is CC(C)(C)c1cc2ccc3ccc(-c4cccc(-c5ccc6c(c5)C(C)(C)c5ccccc5-6)c4)c4ccc(c1)c2c34. The van der Waals surface area contributed by atoms with Gasteiger partial charge in [-0.3, -0.25) is 0 Å². The van der Waals surface area contributed by atoms with Crippen molar-refractivity contribution in [2.24, 2.45) is 0 Å². The normalized spacial score (nSPS) is 14.2. The van der Waals surface area contributed by atoms with Crippen LogP contribution in [-0.2, 0) is 10.8 Å². The predicted octanol–water partition coefficient (Wildman–Crippen LogP) is 11.5. The molecule has 0 radical (unpaired) electrons.